The van der Waals surface area contributed by atoms with Crippen LogP contribution in [0.3, 0.4) is 0 Å². The Labute approximate surface area is 168 Å². The van der Waals surface area contributed by atoms with E-state index in [1.807, 2.05) is 24.3 Å². The summed E-state index contributed by atoms with van der Waals surface area (Å²) < 4.78 is 10.5. The molecule has 0 atom stereocenters. The molecule has 0 aliphatic carbocycles. The van der Waals surface area contributed by atoms with E-state index in [4.69, 9.17) is 9.47 Å². The average molecular weight is 384 g/mol. The minimum atomic E-state index is -0.327. The highest BCUT2D eigenvalue weighted by Gasteiger charge is 2.10. The maximum absolute atomic E-state index is 12.5. The second-order valence-corrected chi connectivity index (χ2v) is 6.50. The summed E-state index contributed by atoms with van der Waals surface area (Å²) in [7, 11) is 3.08. The Balaban J connectivity index is 1.65. The standard InChI is InChI=1S/C24H20N2O3/c1-28-22-12-11-18(14-23(22)29-2)24(27)26-25-15-21-19-9-5-3-7-16(19)13-17-8-4-6-10-20(17)21/h3-15H,1-2H3,(H,26,27)/b25-15-. The van der Waals surface area contributed by atoms with Crippen LogP contribution < -0.4 is 14.9 Å². The van der Waals surface area contributed by atoms with Gasteiger partial charge in [-0.3, -0.25) is 4.79 Å². The van der Waals surface area contributed by atoms with Gasteiger partial charge in [-0.15, -0.1) is 0 Å². The van der Waals surface area contributed by atoms with E-state index in [-0.39, 0.29) is 5.91 Å². The lowest BCUT2D eigenvalue weighted by Gasteiger charge is -2.09. The van der Waals surface area contributed by atoms with Crippen molar-refractivity contribution in [2.24, 2.45) is 5.10 Å². The van der Waals surface area contributed by atoms with E-state index in [0.717, 1.165) is 27.1 Å². The molecule has 0 unspecified atom stereocenters. The molecule has 5 heteroatoms. The first-order valence-corrected chi connectivity index (χ1v) is 9.17. The molecule has 0 fully saturated rings. The van der Waals surface area contributed by atoms with Crippen molar-refractivity contribution in [3.63, 3.8) is 0 Å². The number of amides is 1. The van der Waals surface area contributed by atoms with E-state index >= 15 is 0 Å². The number of carbonyl (C=O) groups is 1. The van der Waals surface area contributed by atoms with Crippen molar-refractivity contribution in [2.45, 2.75) is 0 Å². The maximum Gasteiger partial charge on any atom is 0.271 e. The minimum absolute atomic E-state index is 0.327. The molecule has 144 valence electrons. The van der Waals surface area contributed by atoms with Crippen LogP contribution in [0.15, 0.2) is 77.9 Å². The Morgan fingerprint density at radius 1 is 0.828 bits per heavy atom. The fourth-order valence-corrected chi connectivity index (χ4v) is 3.39. The number of hydrazone groups is 1. The summed E-state index contributed by atoms with van der Waals surface area (Å²) in [5.74, 6) is 0.727. The topological polar surface area (TPSA) is 59.9 Å². The van der Waals surface area contributed by atoms with Crippen molar-refractivity contribution in [1.29, 1.82) is 0 Å². The second-order valence-electron chi connectivity index (χ2n) is 6.50. The normalized spacial score (nSPS) is 11.1. The third-order valence-corrected chi connectivity index (χ3v) is 4.82. The molecular weight excluding hydrogens is 364 g/mol. The number of hydrogen-bond donors (Lipinski definition) is 1. The third-order valence-electron chi connectivity index (χ3n) is 4.82. The fraction of sp³-hybridized carbons (Fsp3) is 0.0833. The van der Waals surface area contributed by atoms with Gasteiger partial charge in [-0.2, -0.15) is 5.10 Å². The summed E-state index contributed by atoms with van der Waals surface area (Å²) >= 11 is 0. The lowest BCUT2D eigenvalue weighted by molar-refractivity contribution is 0.0954. The molecule has 1 amide bonds. The van der Waals surface area contributed by atoms with E-state index in [0.29, 0.717) is 17.1 Å². The van der Waals surface area contributed by atoms with Gasteiger partial charge in [0.2, 0.25) is 0 Å². The van der Waals surface area contributed by atoms with Gasteiger partial charge in [-0.1, -0.05) is 48.5 Å². The predicted molar refractivity (Wildman–Crippen MR) is 116 cm³/mol. The van der Waals surface area contributed by atoms with Gasteiger partial charge >= 0.3 is 0 Å². The Bertz CT molecular complexity index is 1180. The van der Waals surface area contributed by atoms with Crippen molar-refractivity contribution >= 4 is 33.7 Å². The van der Waals surface area contributed by atoms with Gasteiger partial charge in [-0.05, 0) is 45.8 Å². The first-order chi connectivity index (χ1) is 14.2. The number of nitrogens with one attached hydrogen (secondary N) is 1. The van der Waals surface area contributed by atoms with Crippen LogP contribution in [-0.4, -0.2) is 26.3 Å². The Hall–Kier alpha value is -3.86. The molecule has 0 radical (unpaired) electrons. The highest BCUT2D eigenvalue weighted by molar-refractivity contribution is 6.13. The highest BCUT2D eigenvalue weighted by atomic mass is 16.5. The van der Waals surface area contributed by atoms with Crippen LogP contribution in [0.5, 0.6) is 11.5 Å². The molecule has 4 rings (SSSR count). The van der Waals surface area contributed by atoms with Crippen LogP contribution in [0.1, 0.15) is 15.9 Å². The van der Waals surface area contributed by atoms with Crippen LogP contribution in [0.2, 0.25) is 0 Å². The largest absolute Gasteiger partial charge is 0.493 e. The van der Waals surface area contributed by atoms with Crippen molar-refractivity contribution in [3.8, 4) is 11.5 Å². The van der Waals surface area contributed by atoms with Crippen LogP contribution >= 0.6 is 0 Å². The number of benzene rings is 4. The van der Waals surface area contributed by atoms with Gasteiger partial charge in [0.15, 0.2) is 11.5 Å². The quantitative estimate of drug-likeness (QED) is 0.306. The average Bonchev–Trinajstić information content (AvgIpc) is 2.77. The summed E-state index contributed by atoms with van der Waals surface area (Å²) in [6.45, 7) is 0. The second kappa shape index (κ2) is 8.02. The van der Waals surface area contributed by atoms with E-state index < -0.39 is 0 Å². The number of ether oxygens (including phenoxy) is 2. The molecule has 0 bridgehead atoms. The molecule has 0 aromatic heterocycles. The third kappa shape index (κ3) is 3.62. The minimum Gasteiger partial charge on any atom is -0.493 e. The van der Waals surface area contributed by atoms with Gasteiger partial charge in [0, 0.05) is 11.1 Å². The smallest absolute Gasteiger partial charge is 0.271 e. The van der Waals surface area contributed by atoms with Crippen LogP contribution in [0.4, 0.5) is 0 Å². The summed E-state index contributed by atoms with van der Waals surface area (Å²) in [6.07, 6.45) is 1.70. The number of nitrogens with zero attached hydrogens (tertiary/aromatic N) is 1. The molecule has 0 heterocycles. The Morgan fingerprint density at radius 3 is 2.07 bits per heavy atom. The highest BCUT2D eigenvalue weighted by Crippen LogP contribution is 2.28. The number of fused-ring (bicyclic) bond motifs is 2. The molecule has 0 aliphatic rings. The van der Waals surface area contributed by atoms with Crippen molar-refractivity contribution in [3.05, 3.63) is 83.9 Å². The van der Waals surface area contributed by atoms with Crippen molar-refractivity contribution in [2.75, 3.05) is 14.2 Å². The van der Waals surface area contributed by atoms with Gasteiger partial charge in [0.25, 0.3) is 5.91 Å². The molecule has 29 heavy (non-hydrogen) atoms. The lowest BCUT2D eigenvalue weighted by atomic mass is 9.97. The summed E-state index contributed by atoms with van der Waals surface area (Å²) in [4.78, 5) is 12.5. The van der Waals surface area contributed by atoms with Gasteiger partial charge in [0.05, 0.1) is 20.4 Å². The van der Waals surface area contributed by atoms with Crippen molar-refractivity contribution < 1.29 is 14.3 Å². The number of rotatable bonds is 5. The molecule has 4 aromatic carbocycles. The maximum atomic E-state index is 12.5. The van der Waals surface area contributed by atoms with E-state index in [1.54, 1.807) is 31.5 Å². The van der Waals surface area contributed by atoms with E-state index in [1.165, 1.54) is 7.11 Å². The van der Waals surface area contributed by atoms with Crippen LogP contribution in [-0.2, 0) is 0 Å². The monoisotopic (exact) mass is 384 g/mol. The summed E-state index contributed by atoms with van der Waals surface area (Å²) in [6, 6.07) is 23.4. The molecule has 1 N–H and O–H groups in total. The molecular formula is C24H20N2O3. The zero-order chi connectivity index (χ0) is 20.2. The number of hydrogen-bond acceptors (Lipinski definition) is 4. The van der Waals surface area contributed by atoms with Crippen LogP contribution in [0, 0.1) is 0 Å². The molecule has 0 aliphatic heterocycles. The van der Waals surface area contributed by atoms with E-state index in [2.05, 4.69) is 40.9 Å². The van der Waals surface area contributed by atoms with Gasteiger partial charge < -0.3 is 9.47 Å². The fourth-order valence-electron chi connectivity index (χ4n) is 3.39. The summed E-state index contributed by atoms with van der Waals surface area (Å²) in [5.41, 5.74) is 4.00. The Kier molecular flexibility index (Phi) is 5.12. The molecule has 0 spiro atoms. The van der Waals surface area contributed by atoms with Crippen molar-refractivity contribution in [1.82, 2.24) is 5.43 Å². The molecule has 0 saturated heterocycles. The Morgan fingerprint density at radius 2 is 1.45 bits per heavy atom. The first kappa shape index (κ1) is 18.5. The zero-order valence-corrected chi connectivity index (χ0v) is 16.2. The molecule has 4 aromatic rings. The molecule has 5 nitrogen and oxygen atoms in total. The van der Waals surface area contributed by atoms with Gasteiger partial charge in [-0.25, -0.2) is 5.43 Å². The SMILES string of the molecule is COc1ccc(C(=O)N/N=C\c2c3ccccc3cc3ccccc23)cc1OC. The lowest BCUT2D eigenvalue weighted by Crippen LogP contribution is -2.17. The summed E-state index contributed by atoms with van der Waals surface area (Å²) in [5, 5.41) is 8.63. The van der Waals surface area contributed by atoms with E-state index in [9.17, 15) is 4.79 Å². The predicted octanol–water partition coefficient (Wildman–Crippen LogP) is 4.77. The first-order valence-electron chi connectivity index (χ1n) is 9.17. The van der Waals surface area contributed by atoms with Crippen LogP contribution in [0.25, 0.3) is 21.5 Å². The number of carbonyl (C=O) groups excluding carboxylic acids is 1. The van der Waals surface area contributed by atoms with Gasteiger partial charge in [0.1, 0.15) is 0 Å². The molecule has 0 saturated carbocycles. The number of methoxy groups -OCH3 is 2. The zero-order valence-electron chi connectivity index (χ0n) is 16.2.